The number of rotatable bonds is 41. The van der Waals surface area contributed by atoms with Crippen LogP contribution in [0, 0.1) is 11.8 Å². The van der Waals surface area contributed by atoms with E-state index >= 15 is 0 Å². The maximum absolute atomic E-state index is 12.9. The van der Waals surface area contributed by atoms with Crippen molar-refractivity contribution in [3.63, 3.8) is 0 Å². The van der Waals surface area contributed by atoms with Gasteiger partial charge in [0.25, 0.3) is 0 Å². The third-order valence-electron chi connectivity index (χ3n) is 10.8. The Kier molecular flexibility index (Phi) is 36.0. The molecule has 0 aliphatic carbocycles. The number of aliphatic hydroxyl groups excluding tert-OH is 1. The lowest BCUT2D eigenvalue weighted by atomic mass is 10.0. The van der Waals surface area contributed by atoms with Crippen molar-refractivity contribution >= 4 is 11.9 Å². The van der Waals surface area contributed by atoms with E-state index in [2.05, 4.69) is 58.6 Å². The van der Waals surface area contributed by atoms with Crippen LogP contribution in [0.15, 0.2) is 23.3 Å². The number of ether oxygens (including phenoxy) is 4. The predicted molar refractivity (Wildman–Crippen MR) is 236 cm³/mol. The maximum Gasteiger partial charge on any atom is 0.453 e. The third kappa shape index (κ3) is 37.0. The minimum absolute atomic E-state index is 0.106. The predicted octanol–water partition coefficient (Wildman–Crippen LogP) is 13.1. The van der Waals surface area contributed by atoms with Crippen molar-refractivity contribution in [3.05, 3.63) is 23.3 Å². The molecule has 1 N–H and O–H groups in total. The molecule has 0 bridgehead atoms. The summed E-state index contributed by atoms with van der Waals surface area (Å²) in [5.74, 6) is -4.10. The van der Waals surface area contributed by atoms with Crippen LogP contribution in [0.1, 0.15) is 189 Å². The van der Waals surface area contributed by atoms with Crippen LogP contribution in [0.3, 0.4) is 0 Å². The number of hydrogen-bond acceptors (Lipinski definition) is 8. The Hall–Kier alpha value is -2.09. The van der Waals surface area contributed by atoms with Crippen LogP contribution in [0.5, 0.6) is 0 Å². The summed E-state index contributed by atoms with van der Waals surface area (Å²) in [6, 6.07) is 0. The number of carbonyl (C=O) groups excluding carboxylic acids is 2. The number of alkyl halides is 5. The highest BCUT2D eigenvalue weighted by molar-refractivity contribution is 5.69. The van der Waals surface area contributed by atoms with Crippen LogP contribution >= 0.6 is 0 Å². The van der Waals surface area contributed by atoms with E-state index in [0.29, 0.717) is 70.3 Å². The molecule has 0 heterocycles. The number of aliphatic hydroxyl groups is 1. The van der Waals surface area contributed by atoms with Gasteiger partial charge < -0.3 is 29.0 Å². The number of hydrogen-bond donors (Lipinski definition) is 1. The summed E-state index contributed by atoms with van der Waals surface area (Å²) < 4.78 is 85.4. The van der Waals surface area contributed by atoms with Crippen LogP contribution in [0.2, 0.25) is 0 Å². The molecule has 2 unspecified atom stereocenters. The van der Waals surface area contributed by atoms with Crippen LogP contribution in [-0.2, 0) is 28.5 Å². The summed E-state index contributed by atoms with van der Waals surface area (Å²) >= 11 is 0. The van der Waals surface area contributed by atoms with E-state index in [4.69, 9.17) is 18.9 Å². The van der Waals surface area contributed by atoms with Crippen molar-refractivity contribution in [3.8, 4) is 0 Å². The van der Waals surface area contributed by atoms with Crippen molar-refractivity contribution < 1.29 is 55.6 Å². The summed E-state index contributed by atoms with van der Waals surface area (Å²) in [5, 5.41) is 9.53. The van der Waals surface area contributed by atoms with Gasteiger partial charge in [-0.2, -0.15) is 22.0 Å². The standard InChI is InChI=1S/C48H86F5NO7/c1-40(2)22-20-24-42(5)29-38-60-46(61-39-30-43(6)25-21-23-41(3)4)28-27-45(57)59-37-19-13-11-17-33-54(34-35-55)32-16-10-7-8-14-26-44(56)58-36-18-12-9-15-31-47(49,50)48(51,52)53/h22-23,42-43,46,55H,7-21,24-39H2,1-6H3. The smallest absolute Gasteiger partial charge is 0.453 e. The molecule has 13 heteroatoms. The van der Waals surface area contributed by atoms with E-state index in [9.17, 15) is 36.6 Å². The second-order valence-corrected chi connectivity index (χ2v) is 17.5. The Morgan fingerprint density at radius 2 is 1.00 bits per heavy atom. The molecule has 0 spiro atoms. The Balaban J connectivity index is 4.18. The Morgan fingerprint density at radius 1 is 0.557 bits per heavy atom. The lowest BCUT2D eigenvalue weighted by Crippen LogP contribution is -2.36. The SMILES string of the molecule is CC(C)=CCCC(C)CCOC(CCC(=O)OCCCCCCN(CCO)CCCCCCCC(=O)OCCCCCCC(F)(F)C(F)(F)F)OCCC(C)CCC=C(C)C. The monoisotopic (exact) mass is 884 g/mol. The van der Waals surface area contributed by atoms with E-state index in [1.165, 1.54) is 11.1 Å². The molecule has 0 saturated carbocycles. The normalized spacial score (nSPS) is 13.5. The quantitative estimate of drug-likeness (QED) is 0.0213. The fourth-order valence-electron chi connectivity index (χ4n) is 6.72. The van der Waals surface area contributed by atoms with Crippen LogP contribution in [0.4, 0.5) is 22.0 Å². The molecule has 0 amide bonds. The van der Waals surface area contributed by atoms with Crippen molar-refractivity contribution in [1.29, 1.82) is 0 Å². The average molecular weight is 884 g/mol. The van der Waals surface area contributed by atoms with Crippen molar-refractivity contribution in [2.24, 2.45) is 11.8 Å². The van der Waals surface area contributed by atoms with Crippen molar-refractivity contribution in [1.82, 2.24) is 4.90 Å². The first-order valence-electron chi connectivity index (χ1n) is 23.6. The summed E-state index contributed by atoms with van der Waals surface area (Å²) in [5.41, 5.74) is 2.69. The molecule has 0 aliphatic rings. The number of halogens is 5. The van der Waals surface area contributed by atoms with E-state index in [-0.39, 0.29) is 44.4 Å². The largest absolute Gasteiger partial charge is 0.466 e. The van der Waals surface area contributed by atoms with E-state index in [0.717, 1.165) is 103 Å². The molecular weight excluding hydrogens is 798 g/mol. The molecule has 0 rings (SSSR count). The van der Waals surface area contributed by atoms with Gasteiger partial charge in [-0.1, -0.05) is 82.1 Å². The molecule has 0 aromatic heterocycles. The van der Waals surface area contributed by atoms with Crippen LogP contribution in [0.25, 0.3) is 0 Å². The van der Waals surface area contributed by atoms with Crippen LogP contribution < -0.4 is 0 Å². The fraction of sp³-hybridized carbons (Fsp3) is 0.875. The number of unbranched alkanes of at least 4 members (excludes halogenated alkanes) is 10. The molecule has 0 aromatic carbocycles. The molecule has 0 aromatic rings. The summed E-state index contributed by atoms with van der Waals surface area (Å²) in [7, 11) is 0. The highest BCUT2D eigenvalue weighted by atomic mass is 19.4. The first-order valence-corrected chi connectivity index (χ1v) is 23.6. The molecule has 0 radical (unpaired) electrons. The number of allylic oxidation sites excluding steroid dienone is 4. The molecular formula is C48H86F5NO7. The zero-order valence-corrected chi connectivity index (χ0v) is 39.0. The molecule has 0 aliphatic heterocycles. The van der Waals surface area contributed by atoms with Crippen LogP contribution in [-0.4, -0.2) is 93.0 Å². The summed E-state index contributed by atoms with van der Waals surface area (Å²) in [6.07, 6.45) is 14.0. The second-order valence-electron chi connectivity index (χ2n) is 17.5. The van der Waals surface area contributed by atoms with E-state index in [1.54, 1.807) is 0 Å². The molecule has 0 fully saturated rings. The molecule has 8 nitrogen and oxygen atoms in total. The summed E-state index contributed by atoms with van der Waals surface area (Å²) in [4.78, 5) is 26.8. The van der Waals surface area contributed by atoms with Gasteiger partial charge in [0.2, 0.25) is 0 Å². The van der Waals surface area contributed by atoms with E-state index in [1.807, 2.05) is 0 Å². The Labute approximate surface area is 367 Å². The molecule has 61 heavy (non-hydrogen) atoms. The van der Waals surface area contributed by atoms with Gasteiger partial charge in [-0.15, -0.1) is 0 Å². The van der Waals surface area contributed by atoms with Gasteiger partial charge in [-0.05, 0) is 130 Å². The van der Waals surface area contributed by atoms with Gasteiger partial charge in [0.05, 0.1) is 26.2 Å². The Bertz CT molecular complexity index is 1110. The lowest BCUT2D eigenvalue weighted by molar-refractivity contribution is -0.284. The first kappa shape index (κ1) is 58.9. The summed E-state index contributed by atoms with van der Waals surface area (Å²) in [6.45, 7) is 17.3. The topological polar surface area (TPSA) is 94.5 Å². The number of esters is 2. The Morgan fingerprint density at radius 3 is 1.48 bits per heavy atom. The maximum atomic E-state index is 12.9. The zero-order chi connectivity index (χ0) is 45.8. The minimum atomic E-state index is -5.51. The highest BCUT2D eigenvalue weighted by Gasteiger charge is 2.56. The fourth-order valence-corrected chi connectivity index (χ4v) is 6.72. The van der Waals surface area contributed by atoms with Gasteiger partial charge in [-0.25, -0.2) is 0 Å². The molecule has 0 saturated heterocycles. The molecule has 360 valence electrons. The highest BCUT2D eigenvalue weighted by Crippen LogP contribution is 2.39. The van der Waals surface area contributed by atoms with Gasteiger partial charge in [0.1, 0.15) is 0 Å². The number of nitrogens with zero attached hydrogens (tertiary/aromatic N) is 1. The lowest BCUT2D eigenvalue weighted by Gasteiger charge is -2.21. The van der Waals surface area contributed by atoms with Gasteiger partial charge in [-0.3, -0.25) is 9.59 Å². The minimum Gasteiger partial charge on any atom is -0.466 e. The molecule has 2 atom stereocenters. The van der Waals surface area contributed by atoms with Crippen molar-refractivity contribution in [2.75, 3.05) is 52.7 Å². The van der Waals surface area contributed by atoms with Crippen molar-refractivity contribution in [2.45, 2.75) is 208 Å². The van der Waals surface area contributed by atoms with E-state index < -0.39 is 24.8 Å². The van der Waals surface area contributed by atoms with Gasteiger partial charge >= 0.3 is 24.0 Å². The first-order chi connectivity index (χ1) is 29.0. The third-order valence-corrected chi connectivity index (χ3v) is 10.8. The van der Waals surface area contributed by atoms with Gasteiger partial charge in [0.15, 0.2) is 6.29 Å². The zero-order valence-electron chi connectivity index (χ0n) is 39.0. The van der Waals surface area contributed by atoms with Gasteiger partial charge in [0, 0.05) is 39.0 Å². The average Bonchev–Trinajstić information content (AvgIpc) is 3.17. The second kappa shape index (κ2) is 37.3. The number of carbonyl (C=O) groups is 2.